The zero-order valence-corrected chi connectivity index (χ0v) is 8.34. The molecule has 0 saturated carbocycles. The van der Waals surface area contributed by atoms with Crippen molar-refractivity contribution in [3.8, 4) is 0 Å². The normalized spacial score (nSPS) is 8.40. The van der Waals surface area contributed by atoms with Crippen molar-refractivity contribution in [2.45, 2.75) is 13.8 Å². The third kappa shape index (κ3) is 8.56. The third-order valence-corrected chi connectivity index (χ3v) is 1.51. The van der Waals surface area contributed by atoms with Crippen molar-refractivity contribution in [1.82, 2.24) is 4.90 Å². The molecule has 0 aromatic carbocycles. The highest BCUT2D eigenvalue weighted by molar-refractivity contribution is 7.80. The summed E-state index contributed by atoms with van der Waals surface area (Å²) in [6.07, 6.45) is 0. The molecule has 0 aliphatic heterocycles. The Morgan fingerprint density at radius 3 is 1.70 bits per heavy atom. The number of hydrogen-bond acceptors (Lipinski definition) is 2. The zero-order chi connectivity index (χ0) is 6.41. The monoisotopic (exact) mass is 187 g/mol. The number of thiol groups is 1. The summed E-state index contributed by atoms with van der Waals surface area (Å²) in [5.41, 5.74) is 0. The molecule has 0 unspecified atom stereocenters. The largest absolute Gasteiger partial charge is 0.412 e. The van der Waals surface area contributed by atoms with Gasteiger partial charge in [-0.25, -0.2) is 0 Å². The summed E-state index contributed by atoms with van der Waals surface area (Å²) < 4.78 is 0. The second kappa shape index (κ2) is 12.3. The first-order valence-electron chi connectivity index (χ1n) is 3.18. The first kappa shape index (κ1) is 16.9. The van der Waals surface area contributed by atoms with Gasteiger partial charge < -0.3 is 10.4 Å². The SMILES string of the molecule is CCN(CC)CCS.Cl.O. The van der Waals surface area contributed by atoms with Crippen LogP contribution in [0.25, 0.3) is 0 Å². The molecule has 0 atom stereocenters. The van der Waals surface area contributed by atoms with Crippen molar-refractivity contribution in [3.63, 3.8) is 0 Å². The Bertz CT molecular complexity index is 53.0. The van der Waals surface area contributed by atoms with Crippen LogP contribution >= 0.6 is 25.0 Å². The summed E-state index contributed by atoms with van der Waals surface area (Å²) in [6, 6.07) is 0. The standard InChI is InChI=1S/C6H15NS.ClH.H2O/c1-3-7(4-2)5-6-8;;/h8H,3-6H2,1-2H3;1H;1H2. The summed E-state index contributed by atoms with van der Waals surface area (Å²) in [4.78, 5) is 2.35. The van der Waals surface area contributed by atoms with Crippen LogP contribution in [0.2, 0.25) is 0 Å². The maximum absolute atomic E-state index is 4.13. The van der Waals surface area contributed by atoms with Crippen molar-refractivity contribution >= 4 is 25.0 Å². The highest BCUT2D eigenvalue weighted by atomic mass is 35.5. The van der Waals surface area contributed by atoms with Crippen LogP contribution in [0.3, 0.4) is 0 Å². The highest BCUT2D eigenvalue weighted by Crippen LogP contribution is 1.86. The molecule has 0 fully saturated rings. The molecule has 66 valence electrons. The second-order valence-electron chi connectivity index (χ2n) is 1.75. The number of rotatable bonds is 4. The summed E-state index contributed by atoms with van der Waals surface area (Å²) >= 11 is 4.13. The van der Waals surface area contributed by atoms with Crippen molar-refractivity contribution in [2.24, 2.45) is 0 Å². The molecular formula is C6H18ClNOS. The maximum Gasteiger partial charge on any atom is 0.00696 e. The van der Waals surface area contributed by atoms with E-state index in [0.29, 0.717) is 0 Å². The molecule has 0 spiro atoms. The van der Waals surface area contributed by atoms with Gasteiger partial charge in [-0.2, -0.15) is 12.6 Å². The first-order valence-corrected chi connectivity index (χ1v) is 3.81. The minimum Gasteiger partial charge on any atom is -0.412 e. The number of halogens is 1. The molecule has 0 radical (unpaired) electrons. The lowest BCUT2D eigenvalue weighted by molar-refractivity contribution is 0.324. The molecule has 10 heavy (non-hydrogen) atoms. The van der Waals surface area contributed by atoms with Crippen molar-refractivity contribution in [2.75, 3.05) is 25.4 Å². The average molecular weight is 188 g/mol. The van der Waals surface area contributed by atoms with E-state index in [2.05, 4.69) is 31.4 Å². The summed E-state index contributed by atoms with van der Waals surface area (Å²) in [7, 11) is 0. The molecule has 0 rings (SSSR count). The van der Waals surface area contributed by atoms with E-state index in [-0.39, 0.29) is 17.9 Å². The summed E-state index contributed by atoms with van der Waals surface area (Å²) in [5.74, 6) is 0.974. The molecule has 0 saturated heterocycles. The minimum atomic E-state index is 0. The fraction of sp³-hybridized carbons (Fsp3) is 1.00. The van der Waals surface area contributed by atoms with Gasteiger partial charge in [0.15, 0.2) is 0 Å². The minimum absolute atomic E-state index is 0. The summed E-state index contributed by atoms with van der Waals surface area (Å²) in [5, 5.41) is 0. The second-order valence-corrected chi connectivity index (χ2v) is 2.20. The van der Waals surface area contributed by atoms with Crippen LogP contribution in [0.5, 0.6) is 0 Å². The van der Waals surface area contributed by atoms with Crippen LogP contribution in [0.4, 0.5) is 0 Å². The Kier molecular flexibility index (Phi) is 20.7. The van der Waals surface area contributed by atoms with Crippen LogP contribution in [0.1, 0.15) is 13.8 Å². The van der Waals surface area contributed by atoms with Gasteiger partial charge in [0.25, 0.3) is 0 Å². The van der Waals surface area contributed by atoms with Gasteiger partial charge in [0.1, 0.15) is 0 Å². The fourth-order valence-corrected chi connectivity index (χ4v) is 0.964. The molecule has 0 aliphatic rings. The lowest BCUT2D eigenvalue weighted by Gasteiger charge is -2.15. The zero-order valence-electron chi connectivity index (χ0n) is 6.63. The smallest absolute Gasteiger partial charge is 0.00696 e. The van der Waals surface area contributed by atoms with E-state index in [4.69, 9.17) is 0 Å². The van der Waals surface area contributed by atoms with Gasteiger partial charge >= 0.3 is 0 Å². The molecule has 2 nitrogen and oxygen atoms in total. The highest BCUT2D eigenvalue weighted by Gasteiger charge is 1.93. The maximum atomic E-state index is 4.13. The molecule has 0 heterocycles. The van der Waals surface area contributed by atoms with E-state index in [9.17, 15) is 0 Å². The van der Waals surface area contributed by atoms with Crippen molar-refractivity contribution < 1.29 is 5.48 Å². The van der Waals surface area contributed by atoms with Gasteiger partial charge in [-0.15, -0.1) is 12.4 Å². The predicted octanol–water partition coefficient (Wildman–Crippen LogP) is 0.855. The van der Waals surface area contributed by atoms with E-state index in [1.807, 2.05) is 0 Å². The van der Waals surface area contributed by atoms with E-state index >= 15 is 0 Å². The molecular weight excluding hydrogens is 170 g/mol. The molecule has 2 N–H and O–H groups in total. The number of nitrogens with zero attached hydrogens (tertiary/aromatic N) is 1. The molecule has 4 heteroatoms. The third-order valence-electron chi connectivity index (χ3n) is 1.31. The van der Waals surface area contributed by atoms with Gasteiger partial charge in [0.2, 0.25) is 0 Å². The quantitative estimate of drug-likeness (QED) is 0.651. The Labute approximate surface area is 75.1 Å². The van der Waals surface area contributed by atoms with Crippen LogP contribution in [0.15, 0.2) is 0 Å². The van der Waals surface area contributed by atoms with Crippen LogP contribution in [-0.4, -0.2) is 35.8 Å². The van der Waals surface area contributed by atoms with Gasteiger partial charge in [-0.05, 0) is 13.1 Å². The Balaban J connectivity index is -0.000000245. The molecule has 0 aliphatic carbocycles. The number of hydrogen-bond donors (Lipinski definition) is 1. The molecule has 0 bridgehead atoms. The molecule has 0 aromatic heterocycles. The van der Waals surface area contributed by atoms with E-state index in [0.717, 1.165) is 25.4 Å². The van der Waals surface area contributed by atoms with E-state index in [1.54, 1.807) is 0 Å². The molecule has 0 amide bonds. The van der Waals surface area contributed by atoms with Crippen molar-refractivity contribution in [3.05, 3.63) is 0 Å². The summed E-state index contributed by atoms with van der Waals surface area (Å²) in [6.45, 7) is 7.77. The van der Waals surface area contributed by atoms with E-state index < -0.39 is 0 Å². The van der Waals surface area contributed by atoms with Gasteiger partial charge in [0, 0.05) is 12.3 Å². The van der Waals surface area contributed by atoms with Gasteiger partial charge in [-0.3, -0.25) is 0 Å². The Hall–Kier alpha value is 0.560. The van der Waals surface area contributed by atoms with E-state index in [1.165, 1.54) is 0 Å². The van der Waals surface area contributed by atoms with Gasteiger partial charge in [0.05, 0.1) is 0 Å². The predicted molar refractivity (Wildman–Crippen MR) is 52.5 cm³/mol. The Morgan fingerprint density at radius 2 is 1.60 bits per heavy atom. The lowest BCUT2D eigenvalue weighted by Crippen LogP contribution is -2.24. The molecule has 0 aromatic rings. The van der Waals surface area contributed by atoms with Crippen LogP contribution in [-0.2, 0) is 0 Å². The van der Waals surface area contributed by atoms with Crippen molar-refractivity contribution in [1.29, 1.82) is 0 Å². The Morgan fingerprint density at radius 1 is 1.20 bits per heavy atom. The topological polar surface area (TPSA) is 34.7 Å². The van der Waals surface area contributed by atoms with Crippen LogP contribution in [0, 0.1) is 0 Å². The first-order chi connectivity index (χ1) is 3.85. The average Bonchev–Trinajstić information content (AvgIpc) is 1.83. The van der Waals surface area contributed by atoms with Crippen LogP contribution < -0.4 is 0 Å². The lowest BCUT2D eigenvalue weighted by atomic mass is 10.5. The fourth-order valence-electron chi connectivity index (χ4n) is 0.681. The van der Waals surface area contributed by atoms with Gasteiger partial charge in [-0.1, -0.05) is 13.8 Å².